The summed E-state index contributed by atoms with van der Waals surface area (Å²) in [6, 6.07) is 23.7. The monoisotopic (exact) mass is 988 g/mol. The van der Waals surface area contributed by atoms with Gasteiger partial charge in [-0.15, -0.1) is 11.3 Å². The Bertz CT molecular complexity index is 2690. The van der Waals surface area contributed by atoms with Crippen LogP contribution < -0.4 is 20.3 Å². The van der Waals surface area contributed by atoms with Crippen LogP contribution in [0.25, 0.3) is 10.4 Å². The van der Waals surface area contributed by atoms with Gasteiger partial charge in [-0.3, -0.25) is 19.3 Å². The largest absolute Gasteiger partial charge is 0.489 e. The molecule has 3 aromatic carbocycles. The average molecular weight is 990 g/mol. The zero-order chi connectivity index (χ0) is 50.1. The van der Waals surface area contributed by atoms with Gasteiger partial charge < -0.3 is 34.8 Å². The Balaban J connectivity index is 0.788. The summed E-state index contributed by atoms with van der Waals surface area (Å²) in [6.07, 6.45) is 1.02. The van der Waals surface area contributed by atoms with Gasteiger partial charge in [0.2, 0.25) is 11.8 Å². The predicted molar refractivity (Wildman–Crippen MR) is 272 cm³/mol. The van der Waals surface area contributed by atoms with E-state index >= 15 is 0 Å². The van der Waals surface area contributed by atoms with Crippen molar-refractivity contribution in [3.8, 4) is 22.3 Å². The number of thiazole rings is 1. The maximum Gasteiger partial charge on any atom is 0.251 e. The minimum atomic E-state index is -0.815. The van der Waals surface area contributed by atoms with Crippen LogP contribution >= 0.6 is 22.9 Å². The molecular formula is C54H65ClN8O6S. The van der Waals surface area contributed by atoms with Crippen LogP contribution in [0.1, 0.15) is 112 Å². The minimum absolute atomic E-state index is 0.0682. The van der Waals surface area contributed by atoms with E-state index in [9.17, 15) is 24.8 Å². The maximum atomic E-state index is 14.3. The summed E-state index contributed by atoms with van der Waals surface area (Å²) in [7, 11) is 0. The number of carbonyl (C=O) groups is 3. The quantitative estimate of drug-likeness (QED) is 0.0863. The second-order valence-corrected chi connectivity index (χ2v) is 22.0. The number of hydrogen-bond donors (Lipinski definition) is 3. The zero-order valence-corrected chi connectivity index (χ0v) is 42.9. The van der Waals surface area contributed by atoms with E-state index < -0.39 is 18.1 Å². The van der Waals surface area contributed by atoms with E-state index in [1.165, 1.54) is 10.5 Å². The average Bonchev–Trinajstić information content (AvgIpc) is 4.10. The molecule has 1 aliphatic carbocycles. The number of aromatic nitrogens is 2. The van der Waals surface area contributed by atoms with Gasteiger partial charge in [0.05, 0.1) is 38.8 Å². The normalized spacial score (nSPS) is 21.7. The van der Waals surface area contributed by atoms with Gasteiger partial charge in [0.15, 0.2) is 11.6 Å². The van der Waals surface area contributed by atoms with Gasteiger partial charge in [-0.25, -0.2) is 4.98 Å². The maximum absolute atomic E-state index is 14.3. The number of carbonyl (C=O) groups excluding carboxylic acids is 3. The molecule has 0 spiro atoms. The number of β-amino-alcohol motifs (C(OH)–C–C–N with tert-alkyl or cyclic N) is 1. The van der Waals surface area contributed by atoms with Crippen molar-refractivity contribution in [2.75, 3.05) is 44.2 Å². The number of piperazine rings is 1. The van der Waals surface area contributed by atoms with Crippen LogP contribution in [0.5, 0.6) is 5.75 Å². The molecule has 370 valence electrons. The minimum Gasteiger partial charge on any atom is -0.489 e. The molecule has 3 N–H and O–H groups in total. The first-order chi connectivity index (χ1) is 33.3. The topological polar surface area (TPSA) is 177 Å². The smallest absolute Gasteiger partial charge is 0.251 e. The first kappa shape index (κ1) is 50.6. The number of nitrogens with one attached hydrogen (secondary N) is 2. The van der Waals surface area contributed by atoms with Crippen molar-refractivity contribution >= 4 is 46.5 Å². The van der Waals surface area contributed by atoms with Crippen molar-refractivity contribution in [3.63, 3.8) is 0 Å². The number of ether oxygens (including phenoxy) is 1. The van der Waals surface area contributed by atoms with Crippen LogP contribution in [0.3, 0.4) is 0 Å². The molecule has 0 radical (unpaired) electrons. The Morgan fingerprint density at radius 1 is 0.986 bits per heavy atom. The highest BCUT2D eigenvalue weighted by atomic mass is 35.5. The summed E-state index contributed by atoms with van der Waals surface area (Å²) in [5.74, 6) is 0.226. The molecule has 4 heterocycles. The second-order valence-electron chi connectivity index (χ2n) is 20.8. The fourth-order valence-electron chi connectivity index (χ4n) is 11.0. The molecular weight excluding hydrogens is 924 g/mol. The van der Waals surface area contributed by atoms with Gasteiger partial charge in [-0.05, 0) is 80.1 Å². The van der Waals surface area contributed by atoms with Crippen molar-refractivity contribution in [1.82, 2.24) is 30.6 Å². The van der Waals surface area contributed by atoms with E-state index in [-0.39, 0.29) is 65.6 Å². The Morgan fingerprint density at radius 2 is 1.69 bits per heavy atom. The molecule has 14 nitrogen and oxygen atoms in total. The Morgan fingerprint density at radius 3 is 2.31 bits per heavy atom. The number of rotatable bonds is 16. The summed E-state index contributed by atoms with van der Waals surface area (Å²) in [5.41, 5.74) is 6.29. The number of anilines is 1. The number of halogens is 1. The number of aryl methyl sites for hydroxylation is 2. The predicted octanol–water partition coefficient (Wildman–Crippen LogP) is 8.58. The molecule has 1 saturated carbocycles. The van der Waals surface area contributed by atoms with Crippen molar-refractivity contribution in [2.24, 2.45) is 16.7 Å². The third kappa shape index (κ3) is 10.6. The number of nitriles is 1. The molecule has 16 heteroatoms. The first-order valence-corrected chi connectivity index (χ1v) is 25.6. The van der Waals surface area contributed by atoms with Crippen molar-refractivity contribution in [2.45, 2.75) is 111 Å². The Labute approximate surface area is 420 Å². The van der Waals surface area contributed by atoms with Crippen LogP contribution in [0.15, 0.2) is 82.8 Å². The van der Waals surface area contributed by atoms with Crippen molar-refractivity contribution < 1.29 is 28.8 Å². The summed E-state index contributed by atoms with van der Waals surface area (Å²) in [4.78, 5) is 53.2. The lowest BCUT2D eigenvalue weighted by molar-refractivity contribution is -0.164. The number of hydrogen-bond acceptors (Lipinski definition) is 12. The molecule has 4 atom stereocenters. The molecule has 2 aliphatic heterocycles. The van der Waals surface area contributed by atoms with E-state index in [0.717, 1.165) is 67.3 Å². The number of nitrogens with zero attached hydrogens (tertiary/aromatic N) is 6. The van der Waals surface area contributed by atoms with E-state index in [1.807, 2.05) is 87.8 Å². The lowest BCUT2D eigenvalue weighted by Gasteiger charge is -2.63. The third-order valence-corrected chi connectivity index (χ3v) is 16.0. The van der Waals surface area contributed by atoms with Crippen LogP contribution in [0.4, 0.5) is 5.82 Å². The number of aliphatic hydroxyl groups is 1. The van der Waals surface area contributed by atoms with E-state index in [4.69, 9.17) is 20.9 Å². The van der Waals surface area contributed by atoms with E-state index in [0.29, 0.717) is 33.5 Å². The molecule has 3 fully saturated rings. The summed E-state index contributed by atoms with van der Waals surface area (Å²) >= 11 is 7.86. The number of likely N-dealkylation sites (tertiary alicyclic amines) is 1. The second kappa shape index (κ2) is 20.9. The fraction of sp³-hybridized carbons (Fsp3) is 0.481. The fourth-order valence-corrected chi connectivity index (χ4v) is 12.1. The third-order valence-electron chi connectivity index (χ3n) is 14.7. The molecule has 3 aliphatic rings. The van der Waals surface area contributed by atoms with Crippen LogP contribution in [-0.2, 0) is 16.0 Å². The molecule has 3 amide bonds. The van der Waals surface area contributed by atoms with Gasteiger partial charge >= 0.3 is 0 Å². The summed E-state index contributed by atoms with van der Waals surface area (Å²) in [6.45, 7) is 20.4. The molecule has 2 saturated heterocycles. The highest BCUT2D eigenvalue weighted by Crippen LogP contribution is 2.55. The van der Waals surface area contributed by atoms with Gasteiger partial charge in [-0.2, -0.15) is 5.26 Å². The zero-order valence-electron chi connectivity index (χ0n) is 41.4. The van der Waals surface area contributed by atoms with E-state index in [1.54, 1.807) is 29.5 Å². The SMILES string of the molecule is Cc1ncsc1-c1ccc([C@H](C)NC(=O)[C@@H]2C[C@@H](O)CN2C(=O)[C@@H](c2cc(N3CCN(CCCc4ccc(C(=O)N[C@H]5C(C)(C)[C@H](Oc6ccc(C#N)c(Cl)c6)C5(C)C)cc4)CC3)no2)C(C)C)cc1. The molecule has 5 aromatic rings. The molecule has 8 rings (SSSR count). The van der Waals surface area contributed by atoms with E-state index in [2.05, 4.69) is 64.3 Å². The van der Waals surface area contributed by atoms with Crippen LogP contribution in [0, 0.1) is 35.0 Å². The van der Waals surface area contributed by atoms with Gasteiger partial charge in [0, 0.05) is 73.7 Å². The highest BCUT2D eigenvalue weighted by molar-refractivity contribution is 7.13. The van der Waals surface area contributed by atoms with Crippen LogP contribution in [0.2, 0.25) is 5.02 Å². The number of benzene rings is 3. The standard InChI is InChI=1S/C54H65ClN8O6S/c1-32(2)46(50(67)63-30-40(64)26-43(63)49(66)58-33(3)36-15-17-37(18-16-36)47-34(4)57-31-70-47)44-28-45(60-69-44)62-24-22-61(23-25-62)21-9-10-35-11-13-38(14-12-35)48(65)59-51-53(5,6)52(54(51,7)8)68-41-20-19-39(29-56)42(55)27-41/h11-20,27-28,31-33,40,43,46,51-52,64H,9-10,21-26,30H2,1-8H3,(H,58,66)(H,59,65)/t33-,40+,43-,46+,51-,52-/m0/s1. The lowest BCUT2D eigenvalue weighted by atomic mass is 9.49. The molecule has 70 heavy (non-hydrogen) atoms. The van der Waals surface area contributed by atoms with Crippen molar-refractivity contribution in [1.29, 1.82) is 5.26 Å². The Hall–Kier alpha value is -5.79. The highest BCUT2D eigenvalue weighted by Gasteiger charge is 2.64. The van der Waals surface area contributed by atoms with Gasteiger partial charge in [0.1, 0.15) is 29.9 Å². The molecule has 0 bridgehead atoms. The molecule has 2 aromatic heterocycles. The molecule has 0 unspecified atom stereocenters. The first-order valence-electron chi connectivity index (χ1n) is 24.3. The van der Waals surface area contributed by atoms with Gasteiger partial charge in [0.25, 0.3) is 5.91 Å². The Kier molecular flexibility index (Phi) is 15.1. The summed E-state index contributed by atoms with van der Waals surface area (Å²) < 4.78 is 12.3. The number of amides is 3. The number of aliphatic hydroxyl groups excluding tert-OH is 1. The van der Waals surface area contributed by atoms with Crippen LogP contribution in [-0.4, -0.2) is 106 Å². The van der Waals surface area contributed by atoms with Crippen molar-refractivity contribution in [3.05, 3.63) is 117 Å². The van der Waals surface area contributed by atoms with Gasteiger partial charge in [-0.1, -0.05) is 94.7 Å². The summed E-state index contributed by atoms with van der Waals surface area (Å²) in [5, 5.41) is 31.1. The lowest BCUT2D eigenvalue weighted by Crippen LogP contribution is -2.74.